The Kier molecular flexibility index (Phi) is 4.46. The molecule has 5 rings (SSSR count). The van der Waals surface area contributed by atoms with Crippen LogP contribution in [0.5, 0.6) is 0 Å². The highest BCUT2D eigenvalue weighted by Crippen LogP contribution is 2.57. The molecule has 0 radical (unpaired) electrons. The van der Waals surface area contributed by atoms with Crippen LogP contribution >= 0.6 is 0 Å². The predicted molar refractivity (Wildman–Crippen MR) is 112 cm³/mol. The van der Waals surface area contributed by atoms with E-state index in [1.165, 1.54) is 16.8 Å². The Balaban J connectivity index is 1.54. The van der Waals surface area contributed by atoms with E-state index in [9.17, 15) is 13.6 Å². The molecule has 0 aliphatic heterocycles. The van der Waals surface area contributed by atoms with Gasteiger partial charge in [-0.2, -0.15) is 5.10 Å². The van der Waals surface area contributed by atoms with Crippen LogP contribution in [0.1, 0.15) is 66.6 Å². The average Bonchev–Trinajstić information content (AvgIpc) is 3.22. The molecule has 7 heteroatoms. The molecule has 0 saturated heterocycles. The fourth-order valence-electron chi connectivity index (χ4n) is 4.62. The zero-order chi connectivity index (χ0) is 21.9. The molecule has 3 atom stereocenters. The maximum atomic E-state index is 14.5. The van der Waals surface area contributed by atoms with Crippen LogP contribution in [0.2, 0.25) is 0 Å². The highest BCUT2D eigenvalue weighted by molar-refractivity contribution is 5.95. The Morgan fingerprint density at radius 1 is 1.23 bits per heavy atom. The van der Waals surface area contributed by atoms with E-state index in [-0.39, 0.29) is 29.0 Å². The minimum Gasteiger partial charge on any atom is -0.342 e. The van der Waals surface area contributed by atoms with Crippen molar-refractivity contribution in [3.63, 3.8) is 0 Å². The number of nitrogens with zero attached hydrogens (tertiary/aromatic N) is 3. The summed E-state index contributed by atoms with van der Waals surface area (Å²) in [6, 6.07) is 8.74. The van der Waals surface area contributed by atoms with Crippen LogP contribution in [0, 0.1) is 23.0 Å². The molecule has 1 saturated carbocycles. The van der Waals surface area contributed by atoms with Crippen molar-refractivity contribution < 1.29 is 13.6 Å². The van der Waals surface area contributed by atoms with Gasteiger partial charge < -0.3 is 5.32 Å². The van der Waals surface area contributed by atoms with Gasteiger partial charge in [0, 0.05) is 23.7 Å². The molecule has 1 fully saturated rings. The number of hydrogen-bond donors (Lipinski definition) is 1. The molecule has 2 aliphatic carbocycles. The van der Waals surface area contributed by atoms with Gasteiger partial charge in [0.15, 0.2) is 11.5 Å². The fourth-order valence-corrected chi connectivity index (χ4v) is 4.62. The Labute approximate surface area is 179 Å². The zero-order valence-electron chi connectivity index (χ0n) is 17.7. The lowest BCUT2D eigenvalue weighted by molar-refractivity contribution is 0.0893. The van der Waals surface area contributed by atoms with Gasteiger partial charge in [0.2, 0.25) is 0 Å². The van der Waals surface area contributed by atoms with E-state index >= 15 is 0 Å². The lowest BCUT2D eigenvalue weighted by Crippen LogP contribution is -2.37. The van der Waals surface area contributed by atoms with E-state index in [4.69, 9.17) is 0 Å². The summed E-state index contributed by atoms with van der Waals surface area (Å²) < 4.78 is 29.5. The van der Waals surface area contributed by atoms with Gasteiger partial charge in [-0.25, -0.2) is 13.5 Å². The molecule has 0 bridgehead atoms. The smallest absolute Gasteiger partial charge is 0.272 e. The van der Waals surface area contributed by atoms with Gasteiger partial charge in [-0.1, -0.05) is 26.8 Å². The molecular formula is C24H24F2N4O. The number of pyridine rings is 1. The minimum atomic E-state index is -0.692. The minimum absolute atomic E-state index is 0.168. The van der Waals surface area contributed by atoms with Crippen LogP contribution in [0.25, 0.3) is 5.69 Å². The first-order valence-electron chi connectivity index (χ1n) is 10.5. The lowest BCUT2D eigenvalue weighted by atomic mass is 9.84. The number of amides is 1. The van der Waals surface area contributed by atoms with E-state index in [1.54, 1.807) is 6.20 Å². The predicted octanol–water partition coefficient (Wildman–Crippen LogP) is 4.72. The third-order valence-corrected chi connectivity index (χ3v) is 6.24. The van der Waals surface area contributed by atoms with Crippen molar-refractivity contribution in [2.24, 2.45) is 11.3 Å². The summed E-state index contributed by atoms with van der Waals surface area (Å²) in [6.07, 6.45) is 3.48. The molecule has 2 aliphatic rings. The van der Waals surface area contributed by atoms with E-state index in [2.05, 4.69) is 15.4 Å². The van der Waals surface area contributed by atoms with Gasteiger partial charge in [0.1, 0.15) is 11.5 Å². The number of benzene rings is 1. The number of rotatable bonds is 4. The second-order valence-corrected chi connectivity index (χ2v) is 9.55. The second kappa shape index (κ2) is 6.97. The monoisotopic (exact) mass is 422 g/mol. The van der Waals surface area contributed by atoms with Crippen molar-refractivity contribution >= 4 is 5.91 Å². The number of nitrogens with one attached hydrogen (secondary N) is 1. The summed E-state index contributed by atoms with van der Waals surface area (Å²) >= 11 is 0. The molecule has 2 heterocycles. The third kappa shape index (κ3) is 3.42. The van der Waals surface area contributed by atoms with Gasteiger partial charge >= 0.3 is 0 Å². The molecule has 31 heavy (non-hydrogen) atoms. The van der Waals surface area contributed by atoms with Gasteiger partial charge in [0.05, 0.1) is 17.4 Å². The third-order valence-electron chi connectivity index (χ3n) is 6.24. The highest BCUT2D eigenvalue weighted by atomic mass is 19.1. The summed E-state index contributed by atoms with van der Waals surface area (Å²) in [5.74, 6) is -0.881. The molecule has 160 valence electrons. The lowest BCUT2D eigenvalue weighted by Gasteiger charge is -2.30. The number of halogens is 2. The first-order valence-corrected chi connectivity index (χ1v) is 10.5. The summed E-state index contributed by atoms with van der Waals surface area (Å²) in [5, 5.41) is 7.63. The van der Waals surface area contributed by atoms with E-state index < -0.39 is 11.6 Å². The number of carbonyl (C=O) groups excluding carboxylic acids is 1. The first-order chi connectivity index (χ1) is 14.7. The van der Waals surface area contributed by atoms with Crippen LogP contribution in [0.15, 0.2) is 42.6 Å². The van der Waals surface area contributed by atoms with Crippen molar-refractivity contribution in [1.82, 2.24) is 20.1 Å². The van der Waals surface area contributed by atoms with E-state index in [0.717, 1.165) is 35.9 Å². The topological polar surface area (TPSA) is 59.8 Å². The highest BCUT2D eigenvalue weighted by Gasteiger charge is 2.50. The Morgan fingerprint density at radius 3 is 2.71 bits per heavy atom. The molecule has 1 amide bonds. The summed E-state index contributed by atoms with van der Waals surface area (Å²) in [7, 11) is 0. The molecule has 0 unspecified atom stereocenters. The molecule has 3 aromatic rings. The van der Waals surface area contributed by atoms with Crippen LogP contribution in [0.4, 0.5) is 8.78 Å². The van der Waals surface area contributed by atoms with Crippen molar-refractivity contribution in [2.75, 3.05) is 0 Å². The quantitative estimate of drug-likeness (QED) is 0.662. The van der Waals surface area contributed by atoms with E-state index in [1.807, 2.05) is 39.0 Å². The number of aromatic nitrogens is 3. The number of fused-ring (bicyclic) bond motifs is 3. The molecule has 5 nitrogen and oxygen atoms in total. The first kappa shape index (κ1) is 19.8. The summed E-state index contributed by atoms with van der Waals surface area (Å²) in [5.41, 5.74) is 2.73. The maximum Gasteiger partial charge on any atom is 0.272 e. The molecule has 2 aromatic heterocycles. The van der Waals surface area contributed by atoms with Crippen LogP contribution < -0.4 is 5.32 Å². The van der Waals surface area contributed by atoms with Gasteiger partial charge in [-0.15, -0.1) is 0 Å². The van der Waals surface area contributed by atoms with Gasteiger partial charge in [-0.3, -0.25) is 9.78 Å². The normalized spacial score (nSPS) is 20.2. The molecule has 0 spiro atoms. The zero-order valence-corrected chi connectivity index (χ0v) is 17.7. The van der Waals surface area contributed by atoms with Crippen molar-refractivity contribution in [3.05, 3.63) is 76.9 Å². The second-order valence-electron chi connectivity index (χ2n) is 9.55. The average molecular weight is 422 g/mol. The standard InChI is InChI=1S/C24H24F2N4O/c1-24(2,3)22(18-6-4-5-9-27-18)28-23(31)20-16-11-13-10-15(13)21(16)30(29-20)19-8-7-14(25)12-17(19)26/h4-9,12-13,15,22H,10-11H2,1-3H3,(H,28,31)/t13-,15-,22-/m1/s1. The number of hydrogen-bond acceptors (Lipinski definition) is 3. The Bertz CT molecular complexity index is 1170. The van der Waals surface area contributed by atoms with E-state index in [0.29, 0.717) is 11.6 Å². The Hall–Kier alpha value is -3.09. The van der Waals surface area contributed by atoms with Crippen LogP contribution in [-0.2, 0) is 6.42 Å². The van der Waals surface area contributed by atoms with Crippen molar-refractivity contribution in [1.29, 1.82) is 0 Å². The largest absolute Gasteiger partial charge is 0.342 e. The van der Waals surface area contributed by atoms with Crippen molar-refractivity contribution in [2.45, 2.75) is 45.6 Å². The maximum absolute atomic E-state index is 14.5. The van der Waals surface area contributed by atoms with Crippen LogP contribution in [0.3, 0.4) is 0 Å². The Morgan fingerprint density at radius 2 is 2.03 bits per heavy atom. The fraction of sp³-hybridized carbons (Fsp3) is 0.375. The molecule has 1 N–H and O–H groups in total. The SMILES string of the molecule is CC(C)(C)[C@H](NC(=O)c1nn(-c2ccc(F)cc2F)c2c1C[C@H]1C[C@@H]21)c1ccccn1. The van der Waals surface area contributed by atoms with Gasteiger partial charge in [-0.05, 0) is 48.4 Å². The summed E-state index contributed by atoms with van der Waals surface area (Å²) in [6.45, 7) is 6.12. The molecular weight excluding hydrogens is 398 g/mol. The van der Waals surface area contributed by atoms with Crippen molar-refractivity contribution in [3.8, 4) is 5.69 Å². The molecule has 1 aromatic carbocycles. The number of carbonyl (C=O) groups is 1. The van der Waals surface area contributed by atoms with Crippen LogP contribution in [-0.4, -0.2) is 20.7 Å². The van der Waals surface area contributed by atoms with Gasteiger partial charge in [0.25, 0.3) is 5.91 Å². The summed E-state index contributed by atoms with van der Waals surface area (Å²) in [4.78, 5) is 17.8.